The summed E-state index contributed by atoms with van der Waals surface area (Å²) in [6.45, 7) is 1.07. The van der Waals surface area contributed by atoms with Crippen molar-refractivity contribution >= 4 is 28.7 Å². The Kier molecular flexibility index (Phi) is 10.7. The molecule has 1 aromatic heterocycles. The summed E-state index contributed by atoms with van der Waals surface area (Å²) >= 11 is 0. The zero-order valence-electron chi connectivity index (χ0n) is 28.0. The van der Waals surface area contributed by atoms with Crippen LogP contribution in [0.2, 0.25) is 0 Å². The maximum Gasteiger partial charge on any atom is 0.345 e. The molecule has 0 bridgehead atoms. The van der Waals surface area contributed by atoms with Crippen molar-refractivity contribution in [1.82, 2.24) is 20.5 Å². The van der Waals surface area contributed by atoms with E-state index >= 15 is 0 Å². The Balaban J connectivity index is 0.965. The molecule has 0 radical (unpaired) electrons. The molecule has 1 saturated heterocycles. The Morgan fingerprint density at radius 1 is 0.942 bits per heavy atom. The topological polar surface area (TPSA) is 202 Å². The standard InChI is InChI=1S/C39H38N4O9/c44-32-15-13-30(31-14-16-34(46)42-36(31)32)33(45)21-40-20-24-9-11-25(12-10-24)37(48)43-18-17-28(22-43)41-35(47)23-52-29-8-4-7-27(19-29)39(51,38(49)50)26-5-2-1-3-6-26/h1-16,19,28,33,40,44-45,51H,17-18,20-23H2,(H,41,47)(H,42,46)(H,49,50). The number of hydrogen-bond acceptors (Lipinski definition) is 9. The molecule has 0 saturated carbocycles. The summed E-state index contributed by atoms with van der Waals surface area (Å²) in [7, 11) is 0. The molecule has 268 valence electrons. The van der Waals surface area contributed by atoms with E-state index in [9.17, 15) is 39.6 Å². The van der Waals surface area contributed by atoms with Crippen LogP contribution in [0, 0.1) is 0 Å². The zero-order valence-corrected chi connectivity index (χ0v) is 28.0. The molecule has 1 aliphatic heterocycles. The van der Waals surface area contributed by atoms with Crippen LogP contribution in [0.5, 0.6) is 11.5 Å². The van der Waals surface area contributed by atoms with Gasteiger partial charge in [-0.3, -0.25) is 14.4 Å². The summed E-state index contributed by atoms with van der Waals surface area (Å²) in [6.07, 6.45) is -0.339. The number of aliphatic hydroxyl groups is 2. The number of rotatable bonds is 13. The number of likely N-dealkylation sites (tertiary alicyclic amines) is 1. The van der Waals surface area contributed by atoms with E-state index < -0.39 is 23.6 Å². The summed E-state index contributed by atoms with van der Waals surface area (Å²) in [4.78, 5) is 54.0. The maximum atomic E-state index is 13.2. The van der Waals surface area contributed by atoms with Gasteiger partial charge in [-0.1, -0.05) is 60.7 Å². The minimum atomic E-state index is -2.31. The number of ether oxygens (including phenoxy) is 1. The summed E-state index contributed by atoms with van der Waals surface area (Å²) in [5, 5.41) is 48.5. The number of nitrogens with one attached hydrogen (secondary N) is 3. The molecule has 5 aromatic rings. The fourth-order valence-corrected chi connectivity index (χ4v) is 6.35. The van der Waals surface area contributed by atoms with E-state index in [1.54, 1.807) is 59.5 Å². The van der Waals surface area contributed by atoms with Gasteiger partial charge in [-0.25, -0.2) is 4.79 Å². The van der Waals surface area contributed by atoms with Crippen LogP contribution in [0.15, 0.2) is 108 Å². The molecular formula is C39H38N4O9. The highest BCUT2D eigenvalue weighted by Gasteiger charge is 2.40. The number of carbonyl (C=O) groups excluding carboxylic acids is 2. The van der Waals surface area contributed by atoms with Gasteiger partial charge in [0, 0.05) is 54.8 Å². The van der Waals surface area contributed by atoms with Gasteiger partial charge in [0.15, 0.2) is 6.61 Å². The normalized spacial score (nSPS) is 15.9. The number of nitrogens with zero attached hydrogens (tertiary/aromatic N) is 1. The third kappa shape index (κ3) is 7.81. The molecule has 3 atom stereocenters. The summed E-state index contributed by atoms with van der Waals surface area (Å²) in [5.74, 6) is -1.88. The van der Waals surface area contributed by atoms with Crippen LogP contribution in [0.1, 0.15) is 45.1 Å². The van der Waals surface area contributed by atoms with Gasteiger partial charge in [0.05, 0.1) is 11.6 Å². The van der Waals surface area contributed by atoms with Crippen LogP contribution < -0.4 is 20.9 Å². The first kappa shape index (κ1) is 35.8. The molecule has 6 rings (SSSR count). The van der Waals surface area contributed by atoms with Gasteiger partial charge in [-0.2, -0.15) is 0 Å². The van der Waals surface area contributed by atoms with Crippen LogP contribution in [0.3, 0.4) is 0 Å². The predicted molar refractivity (Wildman–Crippen MR) is 191 cm³/mol. The van der Waals surface area contributed by atoms with E-state index in [0.717, 1.165) is 5.56 Å². The zero-order chi connectivity index (χ0) is 36.8. The smallest absolute Gasteiger partial charge is 0.345 e. The lowest BCUT2D eigenvalue weighted by molar-refractivity contribution is -0.155. The number of hydrogen-bond donors (Lipinski definition) is 7. The van der Waals surface area contributed by atoms with E-state index in [-0.39, 0.29) is 58.8 Å². The van der Waals surface area contributed by atoms with Gasteiger partial charge in [-0.05, 0) is 59.5 Å². The first-order valence-electron chi connectivity index (χ1n) is 16.7. The van der Waals surface area contributed by atoms with Crippen molar-refractivity contribution in [1.29, 1.82) is 0 Å². The predicted octanol–water partition coefficient (Wildman–Crippen LogP) is 2.79. The number of aromatic amines is 1. The van der Waals surface area contributed by atoms with Crippen molar-refractivity contribution in [2.75, 3.05) is 26.2 Å². The number of carboxylic acid groups (broad SMARTS) is 1. The number of phenols is 1. The van der Waals surface area contributed by atoms with Crippen molar-refractivity contribution in [2.45, 2.75) is 30.7 Å². The molecule has 0 aliphatic carbocycles. The lowest BCUT2D eigenvalue weighted by Gasteiger charge is -2.25. The fourth-order valence-electron chi connectivity index (χ4n) is 6.35. The second kappa shape index (κ2) is 15.5. The SMILES string of the molecule is O=C(COc1cccc(C(O)(C(=O)O)c2ccccc2)c1)NC1CCN(C(=O)c2ccc(CNCC(O)c3ccc(O)c4[nH]c(=O)ccc34)cc2)C1. The summed E-state index contributed by atoms with van der Waals surface area (Å²) in [6, 6.07) is 26.8. The number of H-pyrrole nitrogens is 1. The van der Waals surface area contributed by atoms with Crippen LogP contribution in [-0.2, 0) is 21.7 Å². The van der Waals surface area contributed by atoms with Gasteiger partial charge >= 0.3 is 5.97 Å². The molecule has 1 aliphatic rings. The molecule has 2 amide bonds. The van der Waals surface area contributed by atoms with Crippen molar-refractivity contribution in [3.8, 4) is 11.5 Å². The van der Waals surface area contributed by atoms with Gasteiger partial charge in [0.2, 0.25) is 11.2 Å². The second-order valence-corrected chi connectivity index (χ2v) is 12.6. The first-order chi connectivity index (χ1) is 25.0. The average Bonchev–Trinajstić information content (AvgIpc) is 3.62. The Morgan fingerprint density at radius 3 is 2.44 bits per heavy atom. The van der Waals surface area contributed by atoms with Crippen molar-refractivity contribution in [3.63, 3.8) is 0 Å². The van der Waals surface area contributed by atoms with Gasteiger partial charge in [0.1, 0.15) is 11.5 Å². The summed E-state index contributed by atoms with van der Waals surface area (Å²) in [5.41, 5.74) is -0.174. The Labute approximate surface area is 298 Å². The monoisotopic (exact) mass is 706 g/mol. The lowest BCUT2D eigenvalue weighted by Crippen LogP contribution is -2.40. The highest BCUT2D eigenvalue weighted by molar-refractivity contribution is 5.94. The third-order valence-electron chi connectivity index (χ3n) is 9.10. The van der Waals surface area contributed by atoms with Gasteiger partial charge in [-0.15, -0.1) is 0 Å². The van der Waals surface area contributed by atoms with Crippen molar-refractivity contribution in [2.24, 2.45) is 0 Å². The van der Waals surface area contributed by atoms with Crippen LogP contribution in [0.25, 0.3) is 10.9 Å². The highest BCUT2D eigenvalue weighted by atomic mass is 16.5. The molecule has 13 heteroatoms. The van der Waals surface area contributed by atoms with E-state index in [0.29, 0.717) is 42.6 Å². The largest absolute Gasteiger partial charge is 0.506 e. The van der Waals surface area contributed by atoms with E-state index in [1.807, 2.05) is 12.1 Å². The highest BCUT2D eigenvalue weighted by Crippen LogP contribution is 2.32. The molecule has 2 heterocycles. The average molecular weight is 707 g/mol. The second-order valence-electron chi connectivity index (χ2n) is 12.6. The Hall–Kier alpha value is -6.02. The number of aromatic nitrogens is 1. The molecule has 4 aromatic carbocycles. The van der Waals surface area contributed by atoms with Gasteiger partial charge < -0.3 is 45.7 Å². The van der Waals surface area contributed by atoms with E-state index in [2.05, 4.69) is 15.6 Å². The Morgan fingerprint density at radius 2 is 1.69 bits per heavy atom. The van der Waals surface area contributed by atoms with E-state index in [1.165, 1.54) is 36.4 Å². The quantitative estimate of drug-likeness (QED) is 0.0955. The number of amides is 2. The number of fused-ring (bicyclic) bond motifs is 1. The number of aromatic hydroxyl groups is 1. The first-order valence-corrected chi connectivity index (χ1v) is 16.7. The molecule has 52 heavy (non-hydrogen) atoms. The molecular weight excluding hydrogens is 668 g/mol. The minimum Gasteiger partial charge on any atom is -0.506 e. The van der Waals surface area contributed by atoms with Crippen molar-refractivity contribution in [3.05, 3.63) is 141 Å². The van der Waals surface area contributed by atoms with Crippen LogP contribution >= 0.6 is 0 Å². The van der Waals surface area contributed by atoms with Crippen LogP contribution in [0.4, 0.5) is 0 Å². The number of pyridine rings is 1. The number of carbonyl (C=O) groups is 3. The van der Waals surface area contributed by atoms with Gasteiger partial charge in [0.25, 0.3) is 11.8 Å². The lowest BCUT2D eigenvalue weighted by atomic mass is 9.86. The van der Waals surface area contributed by atoms with E-state index in [4.69, 9.17) is 4.74 Å². The number of aliphatic carboxylic acids is 1. The fraction of sp³-hybridized carbons (Fsp3) is 0.231. The molecule has 1 fully saturated rings. The van der Waals surface area contributed by atoms with Crippen LogP contribution in [-0.4, -0.2) is 80.4 Å². The third-order valence-corrected chi connectivity index (χ3v) is 9.10. The Bertz CT molecular complexity index is 2140. The number of aliphatic hydroxyl groups excluding tert-OH is 1. The molecule has 3 unspecified atom stereocenters. The number of carboxylic acids is 1. The molecule has 7 N–H and O–H groups in total. The number of benzene rings is 4. The number of phenolic OH excluding ortho intramolecular Hbond substituents is 1. The minimum absolute atomic E-state index is 0.0788. The molecule has 0 spiro atoms. The maximum absolute atomic E-state index is 13.2. The molecule has 13 nitrogen and oxygen atoms in total. The summed E-state index contributed by atoms with van der Waals surface area (Å²) < 4.78 is 5.64. The van der Waals surface area contributed by atoms with Crippen molar-refractivity contribution < 1.29 is 39.5 Å².